The van der Waals surface area contributed by atoms with Crippen LogP contribution in [0, 0.1) is 0 Å². The van der Waals surface area contributed by atoms with Crippen molar-refractivity contribution in [3.63, 3.8) is 0 Å². The average molecular weight is 214 g/mol. The van der Waals surface area contributed by atoms with Crippen LogP contribution in [0.2, 0.25) is 0 Å². The molecule has 4 heteroatoms. The van der Waals surface area contributed by atoms with E-state index in [0.29, 0.717) is 12.1 Å². The van der Waals surface area contributed by atoms with Crippen molar-refractivity contribution in [1.82, 2.24) is 4.90 Å². The maximum atomic E-state index is 6.14. The Morgan fingerprint density at radius 3 is 2.27 bits per heavy atom. The van der Waals surface area contributed by atoms with Gasteiger partial charge in [-0.3, -0.25) is 4.90 Å². The molecule has 0 bridgehead atoms. The molecule has 0 amide bonds. The molecule has 1 aliphatic carbocycles. The predicted molar refractivity (Wildman–Crippen MR) is 58.6 cm³/mol. The van der Waals surface area contributed by atoms with E-state index in [1.807, 2.05) is 0 Å². The SMILES string of the molecule is COC1(OC)CN([C@@H]2CCCC[C@H]2N)C1. The van der Waals surface area contributed by atoms with E-state index in [1.165, 1.54) is 19.3 Å². The van der Waals surface area contributed by atoms with E-state index < -0.39 is 0 Å². The van der Waals surface area contributed by atoms with Gasteiger partial charge in [0.1, 0.15) is 0 Å². The first-order valence-electron chi connectivity index (χ1n) is 5.81. The molecule has 0 spiro atoms. The summed E-state index contributed by atoms with van der Waals surface area (Å²) < 4.78 is 10.7. The first kappa shape index (κ1) is 11.3. The molecule has 0 radical (unpaired) electrons. The third-order valence-corrected chi connectivity index (χ3v) is 3.88. The highest BCUT2D eigenvalue weighted by Gasteiger charge is 2.47. The van der Waals surface area contributed by atoms with Crippen LogP contribution in [0.5, 0.6) is 0 Å². The molecular formula is C11H22N2O2. The van der Waals surface area contributed by atoms with Gasteiger partial charge in [-0.2, -0.15) is 0 Å². The van der Waals surface area contributed by atoms with Crippen molar-refractivity contribution in [2.75, 3.05) is 27.3 Å². The van der Waals surface area contributed by atoms with Crippen LogP contribution < -0.4 is 5.73 Å². The largest absolute Gasteiger partial charge is 0.351 e. The third-order valence-electron chi connectivity index (χ3n) is 3.88. The van der Waals surface area contributed by atoms with Crippen LogP contribution in [-0.2, 0) is 9.47 Å². The van der Waals surface area contributed by atoms with Crippen LogP contribution in [0.1, 0.15) is 25.7 Å². The molecule has 4 nitrogen and oxygen atoms in total. The lowest BCUT2D eigenvalue weighted by molar-refractivity contribution is -0.284. The zero-order valence-electron chi connectivity index (χ0n) is 9.74. The molecule has 1 saturated carbocycles. The number of likely N-dealkylation sites (tertiary alicyclic amines) is 1. The molecule has 1 heterocycles. The molecule has 2 atom stereocenters. The van der Waals surface area contributed by atoms with E-state index in [1.54, 1.807) is 14.2 Å². The minimum Gasteiger partial charge on any atom is -0.351 e. The van der Waals surface area contributed by atoms with Crippen LogP contribution in [0.15, 0.2) is 0 Å². The maximum absolute atomic E-state index is 6.14. The van der Waals surface area contributed by atoms with E-state index in [-0.39, 0.29) is 5.79 Å². The number of ether oxygens (including phenoxy) is 2. The number of rotatable bonds is 3. The van der Waals surface area contributed by atoms with Crippen molar-refractivity contribution < 1.29 is 9.47 Å². The number of hydrogen-bond acceptors (Lipinski definition) is 4. The summed E-state index contributed by atoms with van der Waals surface area (Å²) in [6.45, 7) is 1.72. The van der Waals surface area contributed by atoms with Crippen LogP contribution in [0.4, 0.5) is 0 Å². The smallest absolute Gasteiger partial charge is 0.193 e. The minimum absolute atomic E-state index is 0.338. The Balaban J connectivity index is 1.87. The van der Waals surface area contributed by atoms with Gasteiger partial charge in [-0.1, -0.05) is 12.8 Å². The molecule has 2 rings (SSSR count). The monoisotopic (exact) mass is 214 g/mol. The fraction of sp³-hybridized carbons (Fsp3) is 1.00. The Morgan fingerprint density at radius 1 is 1.13 bits per heavy atom. The first-order chi connectivity index (χ1) is 7.21. The van der Waals surface area contributed by atoms with Gasteiger partial charge >= 0.3 is 0 Å². The lowest BCUT2D eigenvalue weighted by Gasteiger charge is -2.53. The molecule has 0 aromatic rings. The van der Waals surface area contributed by atoms with Crippen molar-refractivity contribution in [2.24, 2.45) is 5.73 Å². The summed E-state index contributed by atoms with van der Waals surface area (Å²) >= 11 is 0. The topological polar surface area (TPSA) is 47.7 Å². The number of hydrogen-bond donors (Lipinski definition) is 1. The summed E-state index contributed by atoms with van der Waals surface area (Å²) in [5, 5.41) is 0. The lowest BCUT2D eigenvalue weighted by atomic mass is 9.87. The Morgan fingerprint density at radius 2 is 1.73 bits per heavy atom. The molecule has 15 heavy (non-hydrogen) atoms. The molecule has 1 aliphatic heterocycles. The second-order valence-corrected chi connectivity index (χ2v) is 4.74. The highest BCUT2D eigenvalue weighted by atomic mass is 16.7. The Hall–Kier alpha value is -0.160. The Labute approximate surface area is 91.7 Å². The number of nitrogens with zero attached hydrogens (tertiary/aromatic N) is 1. The summed E-state index contributed by atoms with van der Waals surface area (Å²) in [6.07, 6.45) is 4.98. The van der Waals surface area contributed by atoms with Gasteiger partial charge < -0.3 is 15.2 Å². The van der Waals surface area contributed by atoms with Crippen molar-refractivity contribution in [3.8, 4) is 0 Å². The fourth-order valence-corrected chi connectivity index (χ4v) is 2.74. The van der Waals surface area contributed by atoms with Gasteiger partial charge in [0.05, 0.1) is 13.1 Å². The van der Waals surface area contributed by atoms with Crippen molar-refractivity contribution in [1.29, 1.82) is 0 Å². The van der Waals surface area contributed by atoms with Gasteiger partial charge in [0.15, 0.2) is 5.79 Å². The van der Waals surface area contributed by atoms with Crippen molar-refractivity contribution in [2.45, 2.75) is 43.6 Å². The highest BCUT2D eigenvalue weighted by Crippen LogP contribution is 2.32. The van der Waals surface area contributed by atoms with Gasteiger partial charge in [0.25, 0.3) is 0 Å². The Bertz CT molecular complexity index is 211. The zero-order valence-corrected chi connectivity index (χ0v) is 9.74. The normalized spacial score (nSPS) is 36.2. The number of nitrogens with two attached hydrogens (primary N) is 1. The van der Waals surface area contributed by atoms with Crippen LogP contribution in [-0.4, -0.2) is 50.1 Å². The van der Waals surface area contributed by atoms with E-state index in [4.69, 9.17) is 15.2 Å². The van der Waals surface area contributed by atoms with Crippen molar-refractivity contribution in [3.05, 3.63) is 0 Å². The van der Waals surface area contributed by atoms with E-state index in [9.17, 15) is 0 Å². The van der Waals surface area contributed by atoms with Gasteiger partial charge in [-0.25, -0.2) is 0 Å². The number of methoxy groups -OCH3 is 2. The van der Waals surface area contributed by atoms with Gasteiger partial charge in [-0.15, -0.1) is 0 Å². The van der Waals surface area contributed by atoms with Crippen LogP contribution in [0.3, 0.4) is 0 Å². The average Bonchev–Trinajstić information content (AvgIpc) is 2.20. The fourth-order valence-electron chi connectivity index (χ4n) is 2.74. The summed E-state index contributed by atoms with van der Waals surface area (Å²) in [4.78, 5) is 2.40. The highest BCUT2D eigenvalue weighted by molar-refractivity contribution is 4.97. The second-order valence-electron chi connectivity index (χ2n) is 4.74. The molecule has 2 fully saturated rings. The second kappa shape index (κ2) is 4.37. The minimum atomic E-state index is -0.364. The summed E-state index contributed by atoms with van der Waals surface area (Å²) in [5.74, 6) is -0.364. The van der Waals surface area contributed by atoms with Crippen molar-refractivity contribution >= 4 is 0 Å². The molecule has 0 aromatic carbocycles. The van der Waals surface area contributed by atoms with Crippen LogP contribution in [0.25, 0.3) is 0 Å². The van der Waals surface area contributed by atoms with Crippen LogP contribution >= 0.6 is 0 Å². The molecule has 0 unspecified atom stereocenters. The standard InChI is InChI=1S/C11H22N2O2/c1-14-11(15-2)7-13(8-11)10-6-4-3-5-9(10)12/h9-10H,3-8,12H2,1-2H3/t9-,10-/m1/s1. The van der Waals surface area contributed by atoms with Gasteiger partial charge in [-0.05, 0) is 12.8 Å². The molecular weight excluding hydrogens is 192 g/mol. The zero-order chi connectivity index (χ0) is 10.9. The van der Waals surface area contributed by atoms with Gasteiger partial charge in [0, 0.05) is 26.3 Å². The first-order valence-corrected chi connectivity index (χ1v) is 5.81. The molecule has 2 aliphatic rings. The molecule has 88 valence electrons. The summed E-state index contributed by atoms with van der Waals surface area (Å²) in [6, 6.07) is 0.877. The third kappa shape index (κ3) is 2.04. The quantitative estimate of drug-likeness (QED) is 0.697. The van der Waals surface area contributed by atoms with E-state index in [0.717, 1.165) is 19.5 Å². The molecule has 0 aromatic heterocycles. The molecule has 1 saturated heterocycles. The summed E-state index contributed by atoms with van der Waals surface area (Å²) in [7, 11) is 3.42. The summed E-state index contributed by atoms with van der Waals surface area (Å²) in [5.41, 5.74) is 6.14. The lowest BCUT2D eigenvalue weighted by Crippen LogP contribution is -2.69. The molecule has 2 N–H and O–H groups in total. The maximum Gasteiger partial charge on any atom is 0.193 e. The van der Waals surface area contributed by atoms with E-state index in [2.05, 4.69) is 4.90 Å². The predicted octanol–water partition coefficient (Wildman–Crippen LogP) is 0.561. The van der Waals surface area contributed by atoms with E-state index >= 15 is 0 Å². The Kier molecular flexibility index (Phi) is 3.30. The van der Waals surface area contributed by atoms with Gasteiger partial charge in [0.2, 0.25) is 0 Å².